The summed E-state index contributed by atoms with van der Waals surface area (Å²) in [6.45, 7) is 1.48. The predicted molar refractivity (Wildman–Crippen MR) is 74.5 cm³/mol. The van der Waals surface area contributed by atoms with Crippen LogP contribution < -0.4 is 26.2 Å². The summed E-state index contributed by atoms with van der Waals surface area (Å²) in [5, 5.41) is 5.86. The second kappa shape index (κ2) is 6.15. The Labute approximate surface area is 110 Å². The molecule has 0 fully saturated rings. The molecule has 0 heterocycles. The Kier molecular flexibility index (Phi) is 4.30. The minimum atomic E-state index is -0.549. The van der Waals surface area contributed by atoms with E-state index in [1.807, 2.05) is 30.3 Å². The van der Waals surface area contributed by atoms with Crippen molar-refractivity contribution in [2.45, 2.75) is 6.54 Å². The van der Waals surface area contributed by atoms with E-state index < -0.39 is 10.9 Å². The van der Waals surface area contributed by atoms with Gasteiger partial charge in [-0.3, -0.25) is 9.59 Å². The normalized spacial score (nSPS) is 10.6. The third-order valence-corrected chi connectivity index (χ3v) is 2.78. The van der Waals surface area contributed by atoms with E-state index >= 15 is 0 Å². The molecule has 0 amide bonds. The number of likely N-dealkylation sites (N-methyl/N-ethyl adjacent to an activating group) is 1. The molecule has 0 atom stereocenters. The number of anilines is 1. The van der Waals surface area contributed by atoms with Gasteiger partial charge < -0.3 is 15.4 Å². The molecule has 0 radical (unpaired) electrons. The summed E-state index contributed by atoms with van der Waals surface area (Å²) in [5.74, 6) is 0.149. The molecule has 0 aliphatic carbocycles. The Balaban J connectivity index is 1.99. The first-order valence-corrected chi connectivity index (χ1v) is 6.12. The Morgan fingerprint density at radius 2 is 1.84 bits per heavy atom. The van der Waals surface area contributed by atoms with Gasteiger partial charge in [0, 0.05) is 13.1 Å². The molecule has 0 saturated heterocycles. The number of nitrogens with one attached hydrogen (secondary N) is 2. The molecule has 0 bridgehead atoms. The van der Waals surface area contributed by atoms with Gasteiger partial charge in [-0.2, -0.15) is 0 Å². The van der Waals surface area contributed by atoms with Gasteiger partial charge in [-0.05, 0) is 12.6 Å². The second-order valence-electron chi connectivity index (χ2n) is 4.15. The van der Waals surface area contributed by atoms with Crippen LogP contribution in [0, 0.1) is 0 Å². The van der Waals surface area contributed by atoms with Gasteiger partial charge >= 0.3 is 0 Å². The molecule has 0 aliphatic heterocycles. The number of hydrogen-bond donors (Lipinski definition) is 2. The summed E-state index contributed by atoms with van der Waals surface area (Å²) >= 11 is 0. The molecule has 100 valence electrons. The van der Waals surface area contributed by atoms with Crippen LogP contribution in [0.15, 0.2) is 39.9 Å². The maximum absolute atomic E-state index is 11.5. The number of hydrogen-bond acceptors (Lipinski definition) is 5. The molecule has 5 nitrogen and oxygen atoms in total. The third-order valence-electron chi connectivity index (χ3n) is 2.78. The van der Waals surface area contributed by atoms with Gasteiger partial charge in [0.25, 0.3) is 10.9 Å². The second-order valence-corrected chi connectivity index (χ2v) is 4.15. The quantitative estimate of drug-likeness (QED) is 0.560. The van der Waals surface area contributed by atoms with Crippen molar-refractivity contribution >= 4 is 5.69 Å². The topological polar surface area (TPSA) is 67.4 Å². The SMILES string of the molecule is CNCCOc1c(NCc2ccccc2)c(=O)c1=O. The smallest absolute Gasteiger partial charge is 0.272 e. The summed E-state index contributed by atoms with van der Waals surface area (Å²) in [5.41, 5.74) is 0.267. The van der Waals surface area contributed by atoms with Crippen LogP contribution in [0.25, 0.3) is 0 Å². The van der Waals surface area contributed by atoms with Crippen molar-refractivity contribution in [3.05, 3.63) is 56.3 Å². The van der Waals surface area contributed by atoms with Crippen LogP contribution in [-0.4, -0.2) is 20.2 Å². The average Bonchev–Trinajstić information content (AvgIpc) is 2.46. The first-order valence-electron chi connectivity index (χ1n) is 6.12. The summed E-state index contributed by atoms with van der Waals surface area (Å²) in [7, 11) is 1.79. The molecule has 0 spiro atoms. The maximum atomic E-state index is 11.5. The van der Waals surface area contributed by atoms with E-state index in [-0.39, 0.29) is 11.4 Å². The van der Waals surface area contributed by atoms with E-state index in [0.717, 1.165) is 5.56 Å². The molecular weight excluding hydrogens is 244 g/mol. The monoisotopic (exact) mass is 260 g/mol. The van der Waals surface area contributed by atoms with Crippen LogP contribution in [0.1, 0.15) is 5.56 Å². The number of ether oxygens (including phenoxy) is 1. The molecule has 0 unspecified atom stereocenters. The van der Waals surface area contributed by atoms with Crippen LogP contribution in [0.2, 0.25) is 0 Å². The molecular formula is C14H16N2O3. The van der Waals surface area contributed by atoms with Crippen LogP contribution in [0.5, 0.6) is 5.75 Å². The molecule has 0 aromatic heterocycles. The van der Waals surface area contributed by atoms with Gasteiger partial charge in [-0.15, -0.1) is 0 Å². The first-order chi connectivity index (χ1) is 9.24. The van der Waals surface area contributed by atoms with Gasteiger partial charge in [0.1, 0.15) is 12.3 Å². The molecule has 0 saturated carbocycles. The summed E-state index contributed by atoms with van der Waals surface area (Å²) in [4.78, 5) is 22.8. The Morgan fingerprint density at radius 3 is 2.53 bits per heavy atom. The largest absolute Gasteiger partial charge is 0.486 e. The molecule has 2 rings (SSSR count). The lowest BCUT2D eigenvalue weighted by Gasteiger charge is -2.14. The Morgan fingerprint density at radius 1 is 1.11 bits per heavy atom. The van der Waals surface area contributed by atoms with E-state index in [4.69, 9.17) is 4.74 Å². The summed E-state index contributed by atoms with van der Waals surface area (Å²) in [6, 6.07) is 9.65. The van der Waals surface area contributed by atoms with E-state index in [1.54, 1.807) is 7.05 Å². The van der Waals surface area contributed by atoms with Crippen LogP contribution >= 0.6 is 0 Å². The molecule has 2 aromatic carbocycles. The van der Waals surface area contributed by atoms with E-state index in [1.165, 1.54) is 0 Å². The maximum Gasteiger partial charge on any atom is 0.272 e. The van der Waals surface area contributed by atoms with Crippen molar-refractivity contribution < 1.29 is 4.74 Å². The molecule has 19 heavy (non-hydrogen) atoms. The highest BCUT2D eigenvalue weighted by atomic mass is 16.5. The van der Waals surface area contributed by atoms with Gasteiger partial charge in [0.15, 0.2) is 5.75 Å². The van der Waals surface area contributed by atoms with E-state index in [2.05, 4.69) is 10.6 Å². The lowest BCUT2D eigenvalue weighted by molar-refractivity contribution is 0.313. The van der Waals surface area contributed by atoms with E-state index in [0.29, 0.717) is 19.7 Å². The predicted octanol–water partition coefficient (Wildman–Crippen LogP) is 0.493. The van der Waals surface area contributed by atoms with Crippen molar-refractivity contribution in [1.82, 2.24) is 5.32 Å². The molecule has 2 aromatic rings. The average molecular weight is 260 g/mol. The van der Waals surface area contributed by atoms with Crippen LogP contribution in [-0.2, 0) is 6.54 Å². The summed E-state index contributed by atoms with van der Waals surface area (Å²) < 4.78 is 5.29. The number of benzene rings is 1. The fraction of sp³-hybridized carbons (Fsp3) is 0.286. The molecule has 5 heteroatoms. The highest BCUT2D eigenvalue weighted by Crippen LogP contribution is 2.18. The fourth-order valence-corrected chi connectivity index (χ4v) is 1.71. The van der Waals surface area contributed by atoms with Gasteiger partial charge in [-0.25, -0.2) is 0 Å². The zero-order chi connectivity index (χ0) is 13.7. The van der Waals surface area contributed by atoms with Crippen LogP contribution in [0.3, 0.4) is 0 Å². The summed E-state index contributed by atoms with van der Waals surface area (Å²) in [6.07, 6.45) is 0. The van der Waals surface area contributed by atoms with Crippen molar-refractivity contribution in [3.8, 4) is 5.75 Å². The van der Waals surface area contributed by atoms with Crippen molar-refractivity contribution in [3.63, 3.8) is 0 Å². The fourth-order valence-electron chi connectivity index (χ4n) is 1.71. The van der Waals surface area contributed by atoms with Gasteiger partial charge in [-0.1, -0.05) is 30.3 Å². The lowest BCUT2D eigenvalue weighted by atomic mass is 10.2. The van der Waals surface area contributed by atoms with Crippen molar-refractivity contribution in [1.29, 1.82) is 0 Å². The van der Waals surface area contributed by atoms with Gasteiger partial charge in [0.05, 0.1) is 0 Å². The van der Waals surface area contributed by atoms with Gasteiger partial charge in [0.2, 0.25) is 0 Å². The lowest BCUT2D eigenvalue weighted by Crippen LogP contribution is -2.36. The van der Waals surface area contributed by atoms with Crippen LogP contribution in [0.4, 0.5) is 5.69 Å². The standard InChI is InChI=1S/C14H16N2O3/c1-15-7-8-19-14-11(12(17)13(14)18)16-9-10-5-3-2-4-6-10/h2-6,15-16H,7-9H2,1H3. The van der Waals surface area contributed by atoms with Crippen molar-refractivity contribution in [2.24, 2.45) is 0 Å². The zero-order valence-electron chi connectivity index (χ0n) is 10.7. The minimum Gasteiger partial charge on any atom is -0.486 e. The Bertz CT molecular complexity index is 601. The first kappa shape index (κ1) is 13.3. The molecule has 0 aliphatic rings. The third kappa shape index (κ3) is 3.00. The highest BCUT2D eigenvalue weighted by molar-refractivity contribution is 5.61. The minimum absolute atomic E-state index is 0.149. The molecule has 2 N–H and O–H groups in total. The zero-order valence-corrected chi connectivity index (χ0v) is 10.7. The highest BCUT2D eigenvalue weighted by Gasteiger charge is 2.21. The Hall–Kier alpha value is -2.14. The number of rotatable bonds is 7. The van der Waals surface area contributed by atoms with Crippen molar-refractivity contribution in [2.75, 3.05) is 25.5 Å². The van der Waals surface area contributed by atoms with E-state index in [9.17, 15) is 9.59 Å².